The number of carbonyl (C=O) groups excluding carboxylic acids is 1. The Hall–Kier alpha value is -2.67. The second-order valence-corrected chi connectivity index (χ2v) is 5.74. The molecule has 0 aliphatic heterocycles. The van der Waals surface area contributed by atoms with Gasteiger partial charge in [-0.25, -0.2) is 4.79 Å². The Bertz CT molecular complexity index is 708. The van der Waals surface area contributed by atoms with E-state index in [-0.39, 0.29) is 11.8 Å². The van der Waals surface area contributed by atoms with Crippen LogP contribution in [0.5, 0.6) is 5.75 Å². The summed E-state index contributed by atoms with van der Waals surface area (Å²) in [4.78, 5) is 13.8. The summed E-state index contributed by atoms with van der Waals surface area (Å²) in [5.74, 6) is 0.0885. The monoisotopic (exact) mass is 364 g/mol. The van der Waals surface area contributed by atoms with Crippen LogP contribution < -0.4 is 10.1 Å². The van der Waals surface area contributed by atoms with Gasteiger partial charge in [0.05, 0.1) is 6.61 Å². The van der Waals surface area contributed by atoms with Crippen molar-refractivity contribution in [1.82, 2.24) is 10.2 Å². The molecule has 5 nitrogen and oxygen atoms in total. The van der Waals surface area contributed by atoms with Crippen LogP contribution in [-0.4, -0.2) is 31.7 Å². The van der Waals surface area contributed by atoms with Crippen molar-refractivity contribution in [3.8, 4) is 5.75 Å². The lowest BCUT2D eigenvalue weighted by Gasteiger charge is -2.19. The molecule has 0 saturated carbocycles. The first-order chi connectivity index (χ1) is 12.5. The number of nitrogens with one attached hydrogen (secondary N) is 1. The molecule has 0 spiro atoms. The predicted molar refractivity (Wildman–Crippen MR) is 93.9 cm³/mol. The number of hydrogen-bond acceptors (Lipinski definition) is 3. The molecule has 0 fully saturated rings. The lowest BCUT2D eigenvalue weighted by molar-refractivity contribution is -0.0498. The third-order valence-corrected chi connectivity index (χ3v) is 3.76. The van der Waals surface area contributed by atoms with E-state index in [1.165, 1.54) is 17.0 Å². The minimum absolute atomic E-state index is 0.0885. The number of halogens is 2. The fourth-order valence-corrected chi connectivity index (χ4v) is 2.45. The largest absolute Gasteiger partial charge is 0.435 e. The van der Waals surface area contributed by atoms with Gasteiger partial charge in [0.1, 0.15) is 5.75 Å². The van der Waals surface area contributed by atoms with Crippen LogP contribution in [0.25, 0.3) is 0 Å². The van der Waals surface area contributed by atoms with E-state index in [1.807, 2.05) is 24.3 Å². The average Bonchev–Trinajstić information content (AvgIpc) is 2.62. The van der Waals surface area contributed by atoms with Crippen molar-refractivity contribution in [2.24, 2.45) is 0 Å². The molecule has 0 aliphatic carbocycles. The summed E-state index contributed by atoms with van der Waals surface area (Å²) in [5.41, 5.74) is 2.82. The lowest BCUT2D eigenvalue weighted by Crippen LogP contribution is -2.36. The highest BCUT2D eigenvalue weighted by Crippen LogP contribution is 2.16. The van der Waals surface area contributed by atoms with Gasteiger partial charge in [-0.2, -0.15) is 8.78 Å². The summed E-state index contributed by atoms with van der Waals surface area (Å²) in [6.07, 6.45) is 0. The standard InChI is InChI=1S/C19H22F2N2O3/c1-23(12-14-7-9-17(10-8-14)26-18(20)21)19(24)22-11-15-5-3-4-6-16(15)13-25-2/h3-10,18H,11-13H2,1-2H3,(H,22,24). The molecule has 0 unspecified atom stereocenters. The zero-order chi connectivity index (χ0) is 18.9. The van der Waals surface area contributed by atoms with E-state index < -0.39 is 6.61 Å². The Morgan fingerprint density at radius 1 is 1.12 bits per heavy atom. The van der Waals surface area contributed by atoms with Crippen LogP contribution in [-0.2, 0) is 24.4 Å². The maximum atomic E-state index is 12.3. The number of nitrogens with zero attached hydrogens (tertiary/aromatic N) is 1. The molecule has 0 heterocycles. The second-order valence-electron chi connectivity index (χ2n) is 5.74. The highest BCUT2D eigenvalue weighted by molar-refractivity contribution is 5.73. The van der Waals surface area contributed by atoms with Crippen molar-refractivity contribution in [3.63, 3.8) is 0 Å². The van der Waals surface area contributed by atoms with Crippen molar-refractivity contribution < 1.29 is 23.0 Å². The van der Waals surface area contributed by atoms with Gasteiger partial charge in [0, 0.05) is 27.2 Å². The minimum atomic E-state index is -2.85. The molecule has 0 bridgehead atoms. The first-order valence-corrected chi connectivity index (χ1v) is 8.08. The van der Waals surface area contributed by atoms with Gasteiger partial charge in [-0.15, -0.1) is 0 Å². The van der Waals surface area contributed by atoms with Gasteiger partial charge in [0.25, 0.3) is 0 Å². The predicted octanol–water partition coefficient (Wildman–Crippen LogP) is 3.78. The van der Waals surface area contributed by atoms with Crippen LogP contribution in [0.3, 0.4) is 0 Å². The number of rotatable bonds is 8. The van der Waals surface area contributed by atoms with Crippen LogP contribution in [0, 0.1) is 0 Å². The van der Waals surface area contributed by atoms with E-state index in [0.717, 1.165) is 16.7 Å². The summed E-state index contributed by atoms with van der Waals surface area (Å²) in [6, 6.07) is 13.7. The molecular weight excluding hydrogens is 342 g/mol. The van der Waals surface area contributed by atoms with Crippen molar-refractivity contribution in [1.29, 1.82) is 0 Å². The third-order valence-electron chi connectivity index (χ3n) is 3.76. The van der Waals surface area contributed by atoms with Crippen LogP contribution in [0.1, 0.15) is 16.7 Å². The highest BCUT2D eigenvalue weighted by Gasteiger charge is 2.11. The van der Waals surface area contributed by atoms with E-state index in [4.69, 9.17) is 4.74 Å². The fraction of sp³-hybridized carbons (Fsp3) is 0.316. The summed E-state index contributed by atoms with van der Waals surface area (Å²) >= 11 is 0. The molecule has 2 amide bonds. The Morgan fingerprint density at radius 2 is 1.77 bits per heavy atom. The quantitative estimate of drug-likeness (QED) is 0.776. The molecule has 1 N–H and O–H groups in total. The Labute approximate surface area is 151 Å². The topological polar surface area (TPSA) is 50.8 Å². The highest BCUT2D eigenvalue weighted by atomic mass is 19.3. The lowest BCUT2D eigenvalue weighted by atomic mass is 10.1. The Kier molecular flexibility index (Phi) is 7.35. The van der Waals surface area contributed by atoms with Crippen LogP contribution >= 0.6 is 0 Å². The van der Waals surface area contributed by atoms with Crippen molar-refractivity contribution in [3.05, 3.63) is 65.2 Å². The maximum Gasteiger partial charge on any atom is 0.387 e. The number of ether oxygens (including phenoxy) is 2. The minimum Gasteiger partial charge on any atom is -0.435 e. The zero-order valence-electron chi connectivity index (χ0n) is 14.7. The van der Waals surface area contributed by atoms with Gasteiger partial charge < -0.3 is 19.7 Å². The number of alkyl halides is 2. The summed E-state index contributed by atoms with van der Waals surface area (Å²) in [6.45, 7) is -1.63. The molecule has 0 aliphatic rings. The van der Waals surface area contributed by atoms with E-state index in [2.05, 4.69) is 10.1 Å². The third kappa shape index (κ3) is 6.00. The van der Waals surface area contributed by atoms with Gasteiger partial charge in [0.2, 0.25) is 0 Å². The van der Waals surface area contributed by atoms with E-state index in [1.54, 1.807) is 26.3 Å². The average molecular weight is 364 g/mol. The van der Waals surface area contributed by atoms with Gasteiger partial charge in [0.15, 0.2) is 0 Å². The molecule has 0 aromatic heterocycles. The van der Waals surface area contributed by atoms with Gasteiger partial charge >= 0.3 is 12.6 Å². The smallest absolute Gasteiger partial charge is 0.387 e. The van der Waals surface area contributed by atoms with Crippen molar-refractivity contribution in [2.45, 2.75) is 26.3 Å². The zero-order valence-corrected chi connectivity index (χ0v) is 14.7. The van der Waals surface area contributed by atoms with Crippen LogP contribution in [0.15, 0.2) is 48.5 Å². The number of benzene rings is 2. The molecule has 2 aromatic carbocycles. The molecule has 26 heavy (non-hydrogen) atoms. The van der Waals surface area contributed by atoms with E-state index in [0.29, 0.717) is 19.7 Å². The van der Waals surface area contributed by atoms with Crippen LogP contribution in [0.2, 0.25) is 0 Å². The molecule has 2 rings (SSSR count). The molecule has 0 saturated heterocycles. The normalized spacial score (nSPS) is 10.7. The van der Waals surface area contributed by atoms with Crippen molar-refractivity contribution >= 4 is 6.03 Å². The molecule has 0 atom stereocenters. The number of urea groups is 1. The number of methoxy groups -OCH3 is 1. The molecule has 0 radical (unpaired) electrons. The molecule has 7 heteroatoms. The van der Waals surface area contributed by atoms with E-state index in [9.17, 15) is 13.6 Å². The summed E-state index contributed by atoms with van der Waals surface area (Å²) in [5, 5.41) is 2.86. The van der Waals surface area contributed by atoms with Gasteiger partial charge in [-0.05, 0) is 28.8 Å². The first-order valence-electron chi connectivity index (χ1n) is 8.08. The number of hydrogen-bond donors (Lipinski definition) is 1. The molecule has 2 aromatic rings. The van der Waals surface area contributed by atoms with Crippen LogP contribution in [0.4, 0.5) is 13.6 Å². The van der Waals surface area contributed by atoms with Gasteiger partial charge in [-0.3, -0.25) is 0 Å². The second kappa shape index (κ2) is 9.72. The summed E-state index contributed by atoms with van der Waals surface area (Å²) in [7, 11) is 3.29. The molecule has 140 valence electrons. The first kappa shape index (κ1) is 19.7. The Morgan fingerprint density at radius 3 is 2.38 bits per heavy atom. The maximum absolute atomic E-state index is 12.3. The fourth-order valence-electron chi connectivity index (χ4n) is 2.45. The Balaban J connectivity index is 1.87. The van der Waals surface area contributed by atoms with E-state index >= 15 is 0 Å². The SMILES string of the molecule is COCc1ccccc1CNC(=O)N(C)Cc1ccc(OC(F)F)cc1. The number of amides is 2. The molecular formula is C19H22F2N2O3. The number of carbonyl (C=O) groups is 1. The van der Waals surface area contributed by atoms with Gasteiger partial charge in [-0.1, -0.05) is 36.4 Å². The van der Waals surface area contributed by atoms with Crippen molar-refractivity contribution in [2.75, 3.05) is 14.2 Å². The summed E-state index contributed by atoms with van der Waals surface area (Å²) < 4.78 is 33.8.